The van der Waals surface area contributed by atoms with E-state index in [2.05, 4.69) is 18.8 Å². The van der Waals surface area contributed by atoms with Crippen LogP contribution in [0, 0.1) is 0 Å². The second kappa shape index (κ2) is 12.2. The van der Waals surface area contributed by atoms with Gasteiger partial charge in [0.1, 0.15) is 18.1 Å². The number of esters is 1. The molecule has 0 radical (unpaired) electrons. The Balaban J connectivity index is 1.60. The fourth-order valence-corrected chi connectivity index (χ4v) is 6.18. The summed E-state index contributed by atoms with van der Waals surface area (Å²) in [4.78, 5) is 32.3. The van der Waals surface area contributed by atoms with Crippen molar-refractivity contribution in [1.29, 1.82) is 0 Å². The Morgan fingerprint density at radius 3 is 2.56 bits per heavy atom. The van der Waals surface area contributed by atoms with Gasteiger partial charge < -0.3 is 13.9 Å². The van der Waals surface area contributed by atoms with Crippen LogP contribution in [-0.4, -0.2) is 30.9 Å². The fourth-order valence-electron chi connectivity index (χ4n) is 4.65. The van der Waals surface area contributed by atoms with Gasteiger partial charge in [-0.25, -0.2) is 9.79 Å². The van der Waals surface area contributed by atoms with Crippen molar-refractivity contribution < 1.29 is 18.7 Å². The van der Waals surface area contributed by atoms with Gasteiger partial charge in [-0.05, 0) is 54.3 Å². The first-order valence-electron chi connectivity index (χ1n) is 13.0. The number of methoxy groups -OCH3 is 1. The lowest BCUT2D eigenvalue weighted by molar-refractivity contribution is -0.140. The summed E-state index contributed by atoms with van der Waals surface area (Å²) in [5.41, 5.74) is 3.15. The van der Waals surface area contributed by atoms with Gasteiger partial charge in [0.25, 0.3) is 5.56 Å². The van der Waals surface area contributed by atoms with Crippen molar-refractivity contribution in [2.75, 3.05) is 20.3 Å². The van der Waals surface area contributed by atoms with Gasteiger partial charge in [-0.1, -0.05) is 72.7 Å². The van der Waals surface area contributed by atoms with Crippen LogP contribution in [0.2, 0.25) is 10.0 Å². The standard InChI is InChI=1S/C31H28Cl2N2O5S/c1-17(2)19-5-7-20(8-6-19)28-27(30(37)39-14-13-38-4)18(3)34-31-35(28)29(36)26(41-31)16-22-10-12-25(40-22)23-11-9-21(32)15-24(23)33/h5-12,15-17,28H,13-14H2,1-4H3. The third-order valence-electron chi connectivity index (χ3n) is 6.78. The Kier molecular flexibility index (Phi) is 8.66. The van der Waals surface area contributed by atoms with Crippen LogP contribution in [0.4, 0.5) is 0 Å². The van der Waals surface area contributed by atoms with Crippen molar-refractivity contribution in [3.8, 4) is 11.3 Å². The maximum atomic E-state index is 13.9. The maximum Gasteiger partial charge on any atom is 0.338 e. The molecule has 0 fully saturated rings. The number of rotatable bonds is 8. The summed E-state index contributed by atoms with van der Waals surface area (Å²) in [5.74, 6) is 0.823. The molecule has 0 N–H and O–H groups in total. The number of fused-ring (bicyclic) bond motifs is 1. The van der Waals surface area contributed by atoms with Gasteiger partial charge in [-0.15, -0.1) is 0 Å². The van der Waals surface area contributed by atoms with Gasteiger partial charge in [-0.2, -0.15) is 0 Å². The van der Waals surface area contributed by atoms with Gasteiger partial charge in [0.2, 0.25) is 0 Å². The first kappa shape index (κ1) is 29.1. The molecule has 5 rings (SSSR count). The first-order valence-corrected chi connectivity index (χ1v) is 14.6. The van der Waals surface area contributed by atoms with E-state index in [9.17, 15) is 9.59 Å². The summed E-state index contributed by atoms with van der Waals surface area (Å²) in [6.45, 7) is 6.34. The molecule has 0 saturated carbocycles. The molecule has 2 aromatic carbocycles. The van der Waals surface area contributed by atoms with Crippen LogP contribution in [0.5, 0.6) is 0 Å². The highest BCUT2D eigenvalue weighted by atomic mass is 35.5. The number of allylic oxidation sites excluding steroid dienone is 1. The summed E-state index contributed by atoms with van der Waals surface area (Å²) < 4.78 is 18.5. The highest BCUT2D eigenvalue weighted by molar-refractivity contribution is 7.07. The van der Waals surface area contributed by atoms with E-state index in [0.29, 0.717) is 53.7 Å². The van der Waals surface area contributed by atoms with Crippen molar-refractivity contribution in [2.45, 2.75) is 32.7 Å². The number of furan rings is 1. The number of ether oxygens (including phenoxy) is 2. The summed E-state index contributed by atoms with van der Waals surface area (Å²) in [5, 5.41) is 0.985. The third-order valence-corrected chi connectivity index (χ3v) is 8.31. The number of hydrogen-bond acceptors (Lipinski definition) is 7. The minimum Gasteiger partial charge on any atom is -0.460 e. The molecule has 0 bridgehead atoms. The lowest BCUT2D eigenvalue weighted by Crippen LogP contribution is -2.40. The van der Waals surface area contributed by atoms with E-state index in [1.165, 1.54) is 18.4 Å². The first-order chi connectivity index (χ1) is 19.7. The van der Waals surface area contributed by atoms with Crippen molar-refractivity contribution in [2.24, 2.45) is 4.99 Å². The van der Waals surface area contributed by atoms with Crippen LogP contribution < -0.4 is 14.9 Å². The van der Waals surface area contributed by atoms with Crippen molar-refractivity contribution >= 4 is 46.6 Å². The van der Waals surface area contributed by atoms with Crippen LogP contribution in [0.15, 0.2) is 80.1 Å². The summed E-state index contributed by atoms with van der Waals surface area (Å²) >= 11 is 13.6. The second-order valence-corrected chi connectivity index (χ2v) is 11.7. The van der Waals surface area contributed by atoms with Crippen molar-refractivity contribution in [3.05, 3.63) is 112 Å². The molecule has 1 unspecified atom stereocenters. The van der Waals surface area contributed by atoms with E-state index >= 15 is 0 Å². The smallest absolute Gasteiger partial charge is 0.338 e. The number of nitrogens with zero attached hydrogens (tertiary/aromatic N) is 2. The molecule has 0 aliphatic carbocycles. The van der Waals surface area contributed by atoms with Gasteiger partial charge in [0.15, 0.2) is 4.80 Å². The zero-order valence-corrected chi connectivity index (χ0v) is 25.3. The van der Waals surface area contributed by atoms with Gasteiger partial charge >= 0.3 is 5.97 Å². The van der Waals surface area contributed by atoms with E-state index in [-0.39, 0.29) is 18.8 Å². The summed E-state index contributed by atoms with van der Waals surface area (Å²) in [6.07, 6.45) is 1.67. The van der Waals surface area contributed by atoms with Crippen LogP contribution in [0.1, 0.15) is 49.6 Å². The summed E-state index contributed by atoms with van der Waals surface area (Å²) in [6, 6.07) is 16.0. The molecular formula is C31H28Cl2N2O5S. The number of halogens is 2. The van der Waals surface area contributed by atoms with Gasteiger partial charge in [0.05, 0.1) is 33.5 Å². The largest absolute Gasteiger partial charge is 0.460 e. The molecule has 0 amide bonds. The Morgan fingerprint density at radius 2 is 1.88 bits per heavy atom. The number of hydrogen-bond donors (Lipinski definition) is 0. The van der Waals surface area contributed by atoms with E-state index in [1.807, 2.05) is 24.3 Å². The van der Waals surface area contributed by atoms with Gasteiger partial charge in [0, 0.05) is 23.8 Å². The van der Waals surface area contributed by atoms with Crippen LogP contribution in [-0.2, 0) is 14.3 Å². The van der Waals surface area contributed by atoms with E-state index in [0.717, 1.165) is 11.1 Å². The summed E-state index contributed by atoms with van der Waals surface area (Å²) in [7, 11) is 1.54. The molecule has 41 heavy (non-hydrogen) atoms. The highest BCUT2D eigenvalue weighted by Crippen LogP contribution is 2.33. The zero-order valence-electron chi connectivity index (χ0n) is 22.9. The van der Waals surface area contributed by atoms with E-state index in [4.69, 9.17) is 37.1 Å². The maximum absolute atomic E-state index is 13.9. The quantitative estimate of drug-likeness (QED) is 0.177. The SMILES string of the molecule is COCCOC(=O)C1=C(C)N=c2sc(=Cc3ccc(-c4ccc(Cl)cc4Cl)o3)c(=O)n2C1c1ccc(C(C)C)cc1. The fraction of sp³-hybridized carbons (Fsp3) is 0.258. The lowest BCUT2D eigenvalue weighted by Gasteiger charge is -2.25. The number of thiazole rings is 1. The second-order valence-electron chi connectivity index (χ2n) is 9.86. The molecule has 3 heterocycles. The Morgan fingerprint density at radius 1 is 1.12 bits per heavy atom. The van der Waals surface area contributed by atoms with E-state index < -0.39 is 12.0 Å². The molecule has 0 spiro atoms. The third kappa shape index (κ3) is 5.97. The Labute approximate surface area is 251 Å². The average molecular weight is 612 g/mol. The predicted octanol–water partition coefficient (Wildman–Crippen LogP) is 6.12. The molecular weight excluding hydrogens is 583 g/mol. The average Bonchev–Trinajstić information content (AvgIpc) is 3.52. The number of aromatic nitrogens is 1. The topological polar surface area (TPSA) is 83.0 Å². The van der Waals surface area contributed by atoms with Crippen molar-refractivity contribution in [1.82, 2.24) is 4.57 Å². The van der Waals surface area contributed by atoms with Crippen molar-refractivity contribution in [3.63, 3.8) is 0 Å². The molecule has 7 nitrogen and oxygen atoms in total. The molecule has 1 aliphatic heterocycles. The molecule has 1 atom stereocenters. The predicted molar refractivity (Wildman–Crippen MR) is 161 cm³/mol. The van der Waals surface area contributed by atoms with Crippen LogP contribution in [0.3, 0.4) is 0 Å². The molecule has 0 saturated heterocycles. The minimum atomic E-state index is -0.704. The highest BCUT2D eigenvalue weighted by Gasteiger charge is 2.33. The monoisotopic (exact) mass is 610 g/mol. The Bertz CT molecular complexity index is 1820. The number of carbonyl (C=O) groups is 1. The van der Waals surface area contributed by atoms with Gasteiger partial charge in [-0.3, -0.25) is 9.36 Å². The molecule has 4 aromatic rings. The molecule has 1 aliphatic rings. The number of carbonyl (C=O) groups excluding carboxylic acids is 1. The van der Waals surface area contributed by atoms with E-state index in [1.54, 1.807) is 47.9 Å². The Hall–Kier alpha value is -3.43. The number of benzene rings is 2. The molecule has 2 aromatic heterocycles. The zero-order chi connectivity index (χ0) is 29.3. The minimum absolute atomic E-state index is 0.0913. The van der Waals surface area contributed by atoms with Crippen LogP contribution >= 0.6 is 34.5 Å². The molecule has 10 heteroatoms. The lowest BCUT2D eigenvalue weighted by atomic mass is 9.93. The van der Waals surface area contributed by atoms with Crippen LogP contribution in [0.25, 0.3) is 17.4 Å². The normalized spacial score (nSPS) is 15.3. The molecule has 212 valence electrons.